The minimum atomic E-state index is 0.417. The van der Waals surface area contributed by atoms with Crippen molar-refractivity contribution in [1.82, 2.24) is 4.98 Å². The molecular formula is C14H15N3S2. The van der Waals surface area contributed by atoms with Crippen molar-refractivity contribution >= 4 is 34.4 Å². The van der Waals surface area contributed by atoms with Crippen molar-refractivity contribution in [3.05, 3.63) is 46.3 Å². The van der Waals surface area contributed by atoms with Gasteiger partial charge in [-0.25, -0.2) is 4.98 Å². The van der Waals surface area contributed by atoms with Gasteiger partial charge in [-0.3, -0.25) is 0 Å². The molecule has 5 heteroatoms. The molecule has 1 aliphatic rings. The van der Waals surface area contributed by atoms with Crippen LogP contribution in [0.1, 0.15) is 23.3 Å². The van der Waals surface area contributed by atoms with Gasteiger partial charge < -0.3 is 10.6 Å². The van der Waals surface area contributed by atoms with Crippen molar-refractivity contribution in [2.45, 2.75) is 25.4 Å². The van der Waals surface area contributed by atoms with E-state index >= 15 is 0 Å². The molecule has 3 nitrogen and oxygen atoms in total. The molecule has 98 valence electrons. The number of aromatic nitrogens is 1. The highest BCUT2D eigenvalue weighted by molar-refractivity contribution is 7.80. The largest absolute Gasteiger partial charge is 0.389 e. The molecular weight excluding hydrogens is 274 g/mol. The zero-order valence-corrected chi connectivity index (χ0v) is 12.1. The van der Waals surface area contributed by atoms with Crippen LogP contribution in [-0.2, 0) is 6.54 Å². The first-order chi connectivity index (χ1) is 9.25. The Morgan fingerprint density at radius 2 is 2.26 bits per heavy atom. The third-order valence-corrected chi connectivity index (χ3v) is 4.30. The number of nitrogens with zero attached hydrogens (tertiary/aromatic N) is 2. The maximum absolute atomic E-state index is 5.81. The van der Waals surface area contributed by atoms with Crippen LogP contribution in [0, 0.1) is 0 Å². The Morgan fingerprint density at radius 3 is 2.89 bits per heavy atom. The molecule has 1 aliphatic carbocycles. The van der Waals surface area contributed by atoms with Gasteiger partial charge in [-0.1, -0.05) is 18.3 Å². The first-order valence-corrected chi connectivity index (χ1v) is 7.58. The summed E-state index contributed by atoms with van der Waals surface area (Å²) in [5.74, 6) is 0.922. The van der Waals surface area contributed by atoms with Crippen molar-refractivity contribution < 1.29 is 0 Å². The SMILES string of the molecule is NC(=S)c1cccnc1N(Cc1cccs1)C1CC1. The minimum Gasteiger partial charge on any atom is -0.389 e. The summed E-state index contributed by atoms with van der Waals surface area (Å²) in [6.07, 6.45) is 4.25. The maximum atomic E-state index is 5.81. The molecule has 3 rings (SSSR count). The van der Waals surface area contributed by atoms with Gasteiger partial charge in [0.2, 0.25) is 0 Å². The lowest BCUT2D eigenvalue weighted by atomic mass is 10.2. The summed E-state index contributed by atoms with van der Waals surface area (Å²) in [5.41, 5.74) is 6.69. The van der Waals surface area contributed by atoms with E-state index in [0.29, 0.717) is 11.0 Å². The fourth-order valence-corrected chi connectivity index (χ4v) is 3.01. The van der Waals surface area contributed by atoms with Crippen LogP contribution in [0.3, 0.4) is 0 Å². The molecule has 19 heavy (non-hydrogen) atoms. The van der Waals surface area contributed by atoms with Gasteiger partial charge in [0.15, 0.2) is 0 Å². The molecule has 2 aromatic heterocycles. The van der Waals surface area contributed by atoms with Crippen LogP contribution in [0.4, 0.5) is 5.82 Å². The van der Waals surface area contributed by atoms with Gasteiger partial charge >= 0.3 is 0 Å². The van der Waals surface area contributed by atoms with Crippen molar-refractivity contribution in [1.29, 1.82) is 0 Å². The molecule has 0 radical (unpaired) electrons. The van der Waals surface area contributed by atoms with Gasteiger partial charge in [-0.2, -0.15) is 0 Å². The van der Waals surface area contributed by atoms with Gasteiger partial charge in [-0.05, 0) is 36.4 Å². The molecule has 0 aromatic carbocycles. The summed E-state index contributed by atoms with van der Waals surface area (Å²) in [6, 6.07) is 8.65. The van der Waals surface area contributed by atoms with Crippen LogP contribution in [-0.4, -0.2) is 16.0 Å². The minimum absolute atomic E-state index is 0.417. The molecule has 0 spiro atoms. The third kappa shape index (κ3) is 2.77. The standard InChI is InChI=1S/C14H15N3S2/c15-13(18)12-4-1-7-16-14(12)17(10-5-6-10)9-11-3-2-8-19-11/h1-4,7-8,10H,5-6,9H2,(H2,15,18). The average Bonchev–Trinajstić information content (AvgIpc) is 3.13. The molecule has 1 fully saturated rings. The fraction of sp³-hybridized carbons (Fsp3) is 0.286. The Kier molecular flexibility index (Phi) is 3.48. The third-order valence-electron chi connectivity index (χ3n) is 3.22. The van der Waals surface area contributed by atoms with Crippen LogP contribution in [0.5, 0.6) is 0 Å². The number of nitrogens with two attached hydrogens (primary N) is 1. The molecule has 0 atom stereocenters. The average molecular weight is 289 g/mol. The molecule has 2 N–H and O–H groups in total. The van der Waals surface area contributed by atoms with Gasteiger partial charge in [0.05, 0.1) is 12.1 Å². The summed E-state index contributed by atoms with van der Waals surface area (Å²) in [5, 5.41) is 2.10. The second kappa shape index (κ2) is 5.27. The van der Waals surface area contributed by atoms with Gasteiger partial charge in [0.1, 0.15) is 10.8 Å². The molecule has 0 unspecified atom stereocenters. The lowest BCUT2D eigenvalue weighted by Crippen LogP contribution is -2.28. The Morgan fingerprint density at radius 1 is 1.42 bits per heavy atom. The topological polar surface area (TPSA) is 42.1 Å². The molecule has 0 amide bonds. The number of hydrogen-bond donors (Lipinski definition) is 1. The predicted octanol–water partition coefficient (Wildman–Crippen LogP) is 2.95. The Labute approximate surface area is 122 Å². The summed E-state index contributed by atoms with van der Waals surface area (Å²) < 4.78 is 0. The first kappa shape index (κ1) is 12.6. The van der Waals surface area contributed by atoms with Gasteiger partial charge in [-0.15, -0.1) is 11.3 Å². The van der Waals surface area contributed by atoms with E-state index in [9.17, 15) is 0 Å². The van der Waals surface area contributed by atoms with E-state index in [-0.39, 0.29) is 0 Å². The molecule has 0 saturated heterocycles. The van der Waals surface area contributed by atoms with Crippen molar-refractivity contribution in [3.8, 4) is 0 Å². The summed E-state index contributed by atoms with van der Waals surface area (Å²) in [6.45, 7) is 0.884. The summed E-state index contributed by atoms with van der Waals surface area (Å²) >= 11 is 6.91. The van der Waals surface area contributed by atoms with Gasteiger partial charge in [0, 0.05) is 17.1 Å². The monoisotopic (exact) mass is 289 g/mol. The van der Waals surface area contributed by atoms with E-state index in [1.807, 2.05) is 12.1 Å². The zero-order valence-electron chi connectivity index (χ0n) is 10.5. The first-order valence-electron chi connectivity index (χ1n) is 6.29. The number of rotatable bonds is 5. The molecule has 1 saturated carbocycles. The zero-order chi connectivity index (χ0) is 13.2. The van der Waals surface area contributed by atoms with Crippen molar-refractivity contribution in [2.24, 2.45) is 5.73 Å². The highest BCUT2D eigenvalue weighted by Gasteiger charge is 2.31. The smallest absolute Gasteiger partial charge is 0.139 e. The molecule has 0 bridgehead atoms. The van der Waals surface area contributed by atoms with E-state index in [0.717, 1.165) is 17.9 Å². The summed E-state index contributed by atoms with van der Waals surface area (Å²) in [7, 11) is 0. The lowest BCUT2D eigenvalue weighted by molar-refractivity contribution is 0.785. The number of thiocarbonyl (C=S) groups is 1. The van der Waals surface area contributed by atoms with E-state index in [1.54, 1.807) is 17.5 Å². The number of pyridine rings is 1. The van der Waals surface area contributed by atoms with Crippen LogP contribution in [0.15, 0.2) is 35.8 Å². The van der Waals surface area contributed by atoms with Crippen molar-refractivity contribution in [3.63, 3.8) is 0 Å². The number of hydrogen-bond acceptors (Lipinski definition) is 4. The van der Waals surface area contributed by atoms with Gasteiger partial charge in [0.25, 0.3) is 0 Å². The van der Waals surface area contributed by atoms with Crippen LogP contribution < -0.4 is 10.6 Å². The Balaban J connectivity index is 1.94. The number of thiophene rings is 1. The second-order valence-electron chi connectivity index (χ2n) is 4.68. The fourth-order valence-electron chi connectivity index (χ4n) is 2.15. The molecule has 2 aromatic rings. The van der Waals surface area contributed by atoms with Crippen molar-refractivity contribution in [2.75, 3.05) is 4.90 Å². The van der Waals surface area contributed by atoms with Crippen LogP contribution in [0.25, 0.3) is 0 Å². The highest BCUT2D eigenvalue weighted by Crippen LogP contribution is 2.34. The summed E-state index contributed by atoms with van der Waals surface area (Å²) in [4.78, 5) is 8.59. The Bertz CT molecular complexity index is 576. The predicted molar refractivity (Wildman–Crippen MR) is 83.6 cm³/mol. The second-order valence-corrected chi connectivity index (χ2v) is 6.15. The van der Waals surface area contributed by atoms with Crippen LogP contribution in [0.2, 0.25) is 0 Å². The number of anilines is 1. The normalized spacial score (nSPS) is 14.3. The van der Waals surface area contributed by atoms with E-state index in [1.165, 1.54) is 17.7 Å². The van der Waals surface area contributed by atoms with E-state index in [4.69, 9.17) is 18.0 Å². The maximum Gasteiger partial charge on any atom is 0.139 e. The Hall–Kier alpha value is -1.46. The molecule has 0 aliphatic heterocycles. The van der Waals surface area contributed by atoms with E-state index in [2.05, 4.69) is 27.4 Å². The quantitative estimate of drug-likeness (QED) is 0.859. The van der Waals surface area contributed by atoms with Crippen LogP contribution >= 0.6 is 23.6 Å². The van der Waals surface area contributed by atoms with E-state index < -0.39 is 0 Å². The molecule has 2 heterocycles. The lowest BCUT2D eigenvalue weighted by Gasteiger charge is -2.25. The highest BCUT2D eigenvalue weighted by atomic mass is 32.1.